The summed E-state index contributed by atoms with van der Waals surface area (Å²) in [6, 6.07) is 16.0. The Morgan fingerprint density at radius 1 is 1.04 bits per heavy atom. The molecule has 0 radical (unpaired) electrons. The summed E-state index contributed by atoms with van der Waals surface area (Å²) in [7, 11) is -0.712. The molecule has 1 heterocycles. The van der Waals surface area contributed by atoms with E-state index in [1.54, 1.807) is 0 Å². The summed E-state index contributed by atoms with van der Waals surface area (Å²) in [4.78, 5) is 0. The molecule has 1 aliphatic rings. The van der Waals surface area contributed by atoms with Crippen LogP contribution in [0.5, 0.6) is 0 Å². The Bertz CT molecular complexity index is 915. The SMILES string of the molecule is Cc1ccc2c(c1)c1c(n2C[SiH](C)C)-c2ccccc2C1(C)C. The molecule has 0 N–H and O–H groups in total. The number of hydrogen-bond acceptors (Lipinski definition) is 0. The van der Waals surface area contributed by atoms with Crippen molar-refractivity contribution < 1.29 is 0 Å². The van der Waals surface area contributed by atoms with Gasteiger partial charge in [0.1, 0.15) is 0 Å². The van der Waals surface area contributed by atoms with Crippen LogP contribution < -0.4 is 0 Å². The fourth-order valence-electron chi connectivity index (χ4n) is 4.31. The molecule has 4 rings (SSSR count). The van der Waals surface area contributed by atoms with E-state index in [1.807, 2.05) is 0 Å². The van der Waals surface area contributed by atoms with Crippen molar-refractivity contribution in [1.29, 1.82) is 0 Å². The van der Waals surface area contributed by atoms with Crippen LogP contribution in [-0.2, 0) is 11.6 Å². The molecule has 1 aromatic heterocycles. The van der Waals surface area contributed by atoms with Crippen LogP contribution in [0.1, 0.15) is 30.5 Å². The lowest BCUT2D eigenvalue weighted by Gasteiger charge is -2.21. The molecule has 1 aliphatic carbocycles. The molecule has 1 nitrogen and oxygen atoms in total. The topological polar surface area (TPSA) is 4.93 Å². The van der Waals surface area contributed by atoms with Crippen LogP contribution in [0.3, 0.4) is 0 Å². The van der Waals surface area contributed by atoms with E-state index in [1.165, 1.54) is 45.0 Å². The zero-order valence-electron chi connectivity index (χ0n) is 14.8. The Labute approximate surface area is 140 Å². The van der Waals surface area contributed by atoms with E-state index in [-0.39, 0.29) is 5.41 Å². The van der Waals surface area contributed by atoms with E-state index < -0.39 is 8.80 Å². The highest BCUT2D eigenvalue weighted by Crippen LogP contribution is 2.52. The van der Waals surface area contributed by atoms with Gasteiger partial charge in [-0.25, -0.2) is 0 Å². The lowest BCUT2D eigenvalue weighted by atomic mass is 9.81. The number of hydrogen-bond donors (Lipinski definition) is 0. The minimum absolute atomic E-state index is 0.0851. The summed E-state index contributed by atoms with van der Waals surface area (Å²) in [5, 5.41) is 1.45. The molecule has 0 aliphatic heterocycles. The third-order valence-electron chi connectivity index (χ3n) is 5.25. The predicted octanol–water partition coefficient (Wildman–Crippen LogP) is 5.28. The van der Waals surface area contributed by atoms with Crippen LogP contribution >= 0.6 is 0 Å². The van der Waals surface area contributed by atoms with Gasteiger partial charge in [0, 0.05) is 28.0 Å². The number of rotatable bonds is 2. The first-order valence-corrected chi connectivity index (χ1v) is 11.8. The summed E-state index contributed by atoms with van der Waals surface area (Å²) >= 11 is 0. The summed E-state index contributed by atoms with van der Waals surface area (Å²) in [5.74, 6) is 0. The van der Waals surface area contributed by atoms with Gasteiger partial charge in [0.2, 0.25) is 0 Å². The maximum absolute atomic E-state index is 2.62. The van der Waals surface area contributed by atoms with Crippen LogP contribution in [0.25, 0.3) is 22.2 Å². The van der Waals surface area contributed by atoms with Crippen molar-refractivity contribution in [2.75, 3.05) is 0 Å². The third-order valence-corrected chi connectivity index (χ3v) is 6.34. The number of fused-ring (bicyclic) bond motifs is 5. The third kappa shape index (κ3) is 1.97. The van der Waals surface area contributed by atoms with Gasteiger partial charge in [-0.15, -0.1) is 0 Å². The van der Waals surface area contributed by atoms with Crippen molar-refractivity contribution in [3.05, 3.63) is 59.2 Å². The highest BCUT2D eigenvalue weighted by atomic mass is 28.3. The molecule has 0 saturated heterocycles. The molecule has 0 atom stereocenters. The van der Waals surface area contributed by atoms with Crippen molar-refractivity contribution >= 4 is 19.7 Å². The van der Waals surface area contributed by atoms with E-state index in [0.717, 1.165) is 0 Å². The van der Waals surface area contributed by atoms with Gasteiger partial charge in [0.25, 0.3) is 0 Å². The van der Waals surface area contributed by atoms with Gasteiger partial charge in [0.05, 0.1) is 14.5 Å². The highest BCUT2D eigenvalue weighted by molar-refractivity contribution is 6.54. The number of aromatic nitrogens is 1. The standard InChI is InChI=1S/C21H25NSi/c1-14-10-11-18-16(12-14)19-20(22(18)13-23(4)5)15-8-6-7-9-17(15)21(19,2)3/h6-12,23H,13H2,1-5H3. The van der Waals surface area contributed by atoms with Crippen molar-refractivity contribution in [3.8, 4) is 11.3 Å². The average molecular weight is 320 g/mol. The second-order valence-corrected chi connectivity index (χ2v) is 11.1. The minimum Gasteiger partial charge on any atom is -0.344 e. The molecular formula is C21H25NSi. The van der Waals surface area contributed by atoms with Crippen LogP contribution in [0.4, 0.5) is 0 Å². The van der Waals surface area contributed by atoms with Gasteiger partial charge >= 0.3 is 0 Å². The van der Waals surface area contributed by atoms with E-state index in [9.17, 15) is 0 Å². The minimum atomic E-state index is -0.712. The van der Waals surface area contributed by atoms with Crippen LogP contribution in [0.15, 0.2) is 42.5 Å². The first kappa shape index (κ1) is 14.8. The Morgan fingerprint density at radius 2 is 1.78 bits per heavy atom. The molecule has 2 aromatic carbocycles. The molecule has 0 bridgehead atoms. The smallest absolute Gasteiger partial charge is 0.0541 e. The van der Waals surface area contributed by atoms with Gasteiger partial charge in [-0.2, -0.15) is 0 Å². The average Bonchev–Trinajstić information content (AvgIpc) is 2.92. The number of benzene rings is 2. The monoisotopic (exact) mass is 319 g/mol. The Hall–Kier alpha value is -1.80. The fourth-order valence-corrected chi connectivity index (χ4v) is 5.41. The number of nitrogens with zero attached hydrogens (tertiary/aromatic N) is 1. The zero-order chi connectivity index (χ0) is 16.4. The maximum atomic E-state index is 2.62. The molecule has 0 unspecified atom stereocenters. The van der Waals surface area contributed by atoms with E-state index in [2.05, 4.69) is 80.9 Å². The second-order valence-electron chi connectivity index (χ2n) is 7.92. The maximum Gasteiger partial charge on any atom is 0.0541 e. The fraction of sp³-hybridized carbons (Fsp3) is 0.333. The van der Waals surface area contributed by atoms with E-state index in [4.69, 9.17) is 0 Å². The molecule has 3 aromatic rings. The molecule has 0 spiro atoms. The molecule has 2 heteroatoms. The Balaban J connectivity index is 2.16. The first-order valence-electron chi connectivity index (χ1n) is 8.64. The van der Waals surface area contributed by atoms with Crippen LogP contribution in [0, 0.1) is 6.92 Å². The van der Waals surface area contributed by atoms with E-state index >= 15 is 0 Å². The van der Waals surface area contributed by atoms with Gasteiger partial charge in [-0.05, 0) is 30.2 Å². The summed E-state index contributed by atoms with van der Waals surface area (Å²) in [5.41, 5.74) is 8.79. The quantitative estimate of drug-likeness (QED) is 0.566. The largest absolute Gasteiger partial charge is 0.344 e. The second kappa shape index (κ2) is 4.84. The molecule has 23 heavy (non-hydrogen) atoms. The molecule has 118 valence electrons. The van der Waals surface area contributed by atoms with Crippen molar-refractivity contribution in [3.63, 3.8) is 0 Å². The summed E-state index contributed by atoms with van der Waals surface area (Å²) in [6.45, 7) is 11.9. The van der Waals surface area contributed by atoms with Crippen LogP contribution in [-0.4, -0.2) is 13.4 Å². The number of aryl methyl sites for hydroxylation is 1. The van der Waals surface area contributed by atoms with Crippen LogP contribution in [0.2, 0.25) is 13.1 Å². The Kier molecular flexibility index (Phi) is 3.11. The van der Waals surface area contributed by atoms with E-state index in [0.29, 0.717) is 0 Å². The first-order chi connectivity index (χ1) is 10.9. The molecular weight excluding hydrogens is 294 g/mol. The van der Waals surface area contributed by atoms with Gasteiger partial charge in [-0.3, -0.25) is 0 Å². The lowest BCUT2D eigenvalue weighted by Crippen LogP contribution is -2.14. The summed E-state index contributed by atoms with van der Waals surface area (Å²) < 4.78 is 2.62. The van der Waals surface area contributed by atoms with Gasteiger partial charge in [0.15, 0.2) is 0 Å². The Morgan fingerprint density at radius 3 is 2.52 bits per heavy atom. The van der Waals surface area contributed by atoms with Gasteiger partial charge in [-0.1, -0.05) is 62.8 Å². The van der Waals surface area contributed by atoms with Gasteiger partial charge < -0.3 is 4.57 Å². The van der Waals surface area contributed by atoms with Crippen molar-refractivity contribution in [1.82, 2.24) is 4.57 Å². The molecule has 0 fully saturated rings. The lowest BCUT2D eigenvalue weighted by molar-refractivity contribution is 0.665. The normalized spacial score (nSPS) is 15.2. The molecule has 0 amide bonds. The summed E-state index contributed by atoms with van der Waals surface area (Å²) in [6.07, 6.45) is 1.21. The zero-order valence-corrected chi connectivity index (χ0v) is 15.9. The highest BCUT2D eigenvalue weighted by Gasteiger charge is 2.39. The van der Waals surface area contributed by atoms with Crippen molar-refractivity contribution in [2.24, 2.45) is 0 Å². The molecule has 0 saturated carbocycles. The van der Waals surface area contributed by atoms with Crippen molar-refractivity contribution in [2.45, 2.75) is 45.4 Å². The predicted molar refractivity (Wildman–Crippen MR) is 103 cm³/mol.